The first-order valence-electron chi connectivity index (χ1n) is 9.90. The van der Waals surface area contributed by atoms with Crippen molar-refractivity contribution in [3.8, 4) is 0 Å². The highest BCUT2D eigenvalue weighted by Gasteiger charge is 2.28. The Morgan fingerprint density at radius 2 is 1.75 bits per heavy atom. The molecule has 0 unspecified atom stereocenters. The van der Waals surface area contributed by atoms with Gasteiger partial charge in [0.15, 0.2) is 0 Å². The van der Waals surface area contributed by atoms with Gasteiger partial charge in [-0.15, -0.1) is 0 Å². The third kappa shape index (κ3) is 4.58. The molecule has 28 heavy (non-hydrogen) atoms. The molecule has 3 rings (SSSR count). The van der Waals surface area contributed by atoms with Crippen LogP contribution in [0.5, 0.6) is 0 Å². The Kier molecular flexibility index (Phi) is 6.45. The Morgan fingerprint density at radius 1 is 1.07 bits per heavy atom. The molecule has 5 heteroatoms. The van der Waals surface area contributed by atoms with Crippen LogP contribution in [0.2, 0.25) is 0 Å². The number of likely N-dealkylation sites (tertiary alicyclic amines) is 1. The lowest BCUT2D eigenvalue weighted by molar-refractivity contribution is -0.133. The molecule has 0 radical (unpaired) electrons. The normalized spacial score (nSPS) is 14.8. The molecule has 2 aromatic carbocycles. The summed E-state index contributed by atoms with van der Waals surface area (Å²) in [4.78, 5) is 26.9. The van der Waals surface area contributed by atoms with E-state index in [0.29, 0.717) is 31.5 Å². The van der Waals surface area contributed by atoms with Gasteiger partial charge in [0.2, 0.25) is 11.8 Å². The van der Waals surface area contributed by atoms with Crippen LogP contribution in [0.15, 0.2) is 42.5 Å². The molecule has 1 saturated heterocycles. The standard InChI is InChI=1S/C23H27FN2O2/c1-3-17-9-6-7-16(2)22(17)25-23(28)18-11-13-26(14-12-18)21(27)15-19-8-4-5-10-20(19)24/h4-10,18H,3,11-15H2,1-2H3,(H,25,28). The van der Waals surface area contributed by atoms with Crippen molar-refractivity contribution in [1.29, 1.82) is 0 Å². The number of nitrogens with zero attached hydrogens (tertiary/aromatic N) is 1. The molecule has 0 bridgehead atoms. The van der Waals surface area contributed by atoms with Crippen LogP contribution in [-0.2, 0) is 22.4 Å². The summed E-state index contributed by atoms with van der Waals surface area (Å²) >= 11 is 0. The number of halogens is 1. The first-order chi connectivity index (χ1) is 13.5. The average molecular weight is 382 g/mol. The summed E-state index contributed by atoms with van der Waals surface area (Å²) in [6, 6.07) is 12.4. The Labute approximate surface area is 165 Å². The highest BCUT2D eigenvalue weighted by molar-refractivity contribution is 5.94. The fourth-order valence-electron chi connectivity index (χ4n) is 3.73. The van der Waals surface area contributed by atoms with E-state index in [0.717, 1.165) is 23.2 Å². The van der Waals surface area contributed by atoms with Crippen molar-refractivity contribution in [3.05, 3.63) is 65.0 Å². The summed E-state index contributed by atoms with van der Waals surface area (Å²) < 4.78 is 13.8. The maximum Gasteiger partial charge on any atom is 0.227 e. The predicted molar refractivity (Wildman–Crippen MR) is 109 cm³/mol. The summed E-state index contributed by atoms with van der Waals surface area (Å²) in [5, 5.41) is 3.10. The number of rotatable bonds is 5. The number of piperidine rings is 1. The molecular weight excluding hydrogens is 355 g/mol. The molecule has 2 aromatic rings. The molecule has 1 heterocycles. The van der Waals surface area contributed by atoms with Crippen molar-refractivity contribution in [3.63, 3.8) is 0 Å². The summed E-state index contributed by atoms with van der Waals surface area (Å²) in [5.74, 6) is -0.529. The molecule has 1 N–H and O–H groups in total. The van der Waals surface area contributed by atoms with Gasteiger partial charge in [0.05, 0.1) is 6.42 Å². The van der Waals surface area contributed by atoms with E-state index in [-0.39, 0.29) is 30.0 Å². The van der Waals surface area contributed by atoms with Crippen molar-refractivity contribution < 1.29 is 14.0 Å². The number of anilines is 1. The minimum absolute atomic E-state index is 0.0187. The number of benzene rings is 2. The molecule has 0 aromatic heterocycles. The summed E-state index contributed by atoms with van der Waals surface area (Å²) in [5.41, 5.74) is 3.52. The third-order valence-corrected chi connectivity index (χ3v) is 5.51. The van der Waals surface area contributed by atoms with Gasteiger partial charge in [-0.3, -0.25) is 9.59 Å². The van der Waals surface area contributed by atoms with E-state index >= 15 is 0 Å². The molecule has 2 amide bonds. The van der Waals surface area contributed by atoms with E-state index in [1.54, 1.807) is 23.1 Å². The van der Waals surface area contributed by atoms with Crippen molar-refractivity contribution in [1.82, 2.24) is 4.90 Å². The maximum absolute atomic E-state index is 13.8. The zero-order valence-corrected chi connectivity index (χ0v) is 16.5. The minimum atomic E-state index is -0.352. The first kappa shape index (κ1) is 20.1. The zero-order valence-electron chi connectivity index (χ0n) is 16.5. The fraction of sp³-hybridized carbons (Fsp3) is 0.391. The molecular formula is C23H27FN2O2. The lowest BCUT2D eigenvalue weighted by atomic mass is 9.94. The van der Waals surface area contributed by atoms with E-state index in [1.807, 2.05) is 25.1 Å². The Morgan fingerprint density at radius 3 is 2.43 bits per heavy atom. The molecule has 1 aliphatic heterocycles. The minimum Gasteiger partial charge on any atom is -0.342 e. The molecule has 0 atom stereocenters. The molecule has 1 fully saturated rings. The number of nitrogens with one attached hydrogen (secondary N) is 1. The van der Waals surface area contributed by atoms with Crippen LogP contribution in [0.3, 0.4) is 0 Å². The van der Waals surface area contributed by atoms with E-state index < -0.39 is 0 Å². The van der Waals surface area contributed by atoms with Gasteiger partial charge < -0.3 is 10.2 Å². The van der Waals surface area contributed by atoms with Gasteiger partial charge in [-0.2, -0.15) is 0 Å². The molecule has 0 saturated carbocycles. The monoisotopic (exact) mass is 382 g/mol. The number of amides is 2. The van der Waals surface area contributed by atoms with Gasteiger partial charge in [-0.1, -0.05) is 43.3 Å². The number of aryl methyl sites for hydroxylation is 2. The number of carbonyl (C=O) groups excluding carboxylic acids is 2. The second kappa shape index (κ2) is 9.00. The predicted octanol–water partition coefficient (Wildman–Crippen LogP) is 4.12. The first-order valence-corrected chi connectivity index (χ1v) is 9.90. The van der Waals surface area contributed by atoms with Gasteiger partial charge in [-0.25, -0.2) is 4.39 Å². The number of hydrogen-bond donors (Lipinski definition) is 1. The Balaban J connectivity index is 1.56. The zero-order chi connectivity index (χ0) is 20.1. The highest BCUT2D eigenvalue weighted by Crippen LogP contribution is 2.25. The van der Waals surface area contributed by atoms with Crippen molar-refractivity contribution in [2.75, 3.05) is 18.4 Å². The van der Waals surface area contributed by atoms with E-state index in [9.17, 15) is 14.0 Å². The maximum atomic E-state index is 13.8. The smallest absolute Gasteiger partial charge is 0.227 e. The van der Waals surface area contributed by atoms with E-state index in [4.69, 9.17) is 0 Å². The lowest BCUT2D eigenvalue weighted by Crippen LogP contribution is -2.42. The second-order valence-electron chi connectivity index (χ2n) is 7.38. The van der Waals surface area contributed by atoms with Crippen molar-refractivity contribution >= 4 is 17.5 Å². The van der Waals surface area contributed by atoms with Gasteiger partial charge in [-0.05, 0) is 48.9 Å². The summed E-state index contributed by atoms with van der Waals surface area (Å²) in [6.45, 7) is 5.13. The number of hydrogen-bond acceptors (Lipinski definition) is 2. The van der Waals surface area contributed by atoms with Crippen LogP contribution >= 0.6 is 0 Å². The van der Waals surface area contributed by atoms with E-state index in [2.05, 4.69) is 12.2 Å². The average Bonchev–Trinajstić information content (AvgIpc) is 2.71. The topological polar surface area (TPSA) is 49.4 Å². The quantitative estimate of drug-likeness (QED) is 0.846. The van der Waals surface area contributed by atoms with Crippen LogP contribution in [0.25, 0.3) is 0 Å². The molecule has 1 aliphatic rings. The second-order valence-corrected chi connectivity index (χ2v) is 7.38. The number of para-hydroxylation sites is 1. The van der Waals surface area contributed by atoms with Crippen LogP contribution in [0.4, 0.5) is 10.1 Å². The Bertz CT molecular complexity index is 857. The van der Waals surface area contributed by atoms with Crippen LogP contribution in [0.1, 0.15) is 36.5 Å². The molecule has 0 aliphatic carbocycles. The van der Waals surface area contributed by atoms with Crippen molar-refractivity contribution in [2.24, 2.45) is 5.92 Å². The highest BCUT2D eigenvalue weighted by atomic mass is 19.1. The SMILES string of the molecule is CCc1cccc(C)c1NC(=O)C1CCN(C(=O)Cc2ccccc2F)CC1. The van der Waals surface area contributed by atoms with Gasteiger partial charge in [0, 0.05) is 24.7 Å². The van der Waals surface area contributed by atoms with Gasteiger partial charge in [0.1, 0.15) is 5.82 Å². The van der Waals surface area contributed by atoms with Crippen LogP contribution in [0, 0.1) is 18.7 Å². The molecule has 4 nitrogen and oxygen atoms in total. The summed E-state index contributed by atoms with van der Waals surface area (Å²) in [7, 11) is 0. The van der Waals surface area contributed by atoms with Crippen LogP contribution in [-0.4, -0.2) is 29.8 Å². The number of carbonyl (C=O) groups is 2. The lowest BCUT2D eigenvalue weighted by Gasteiger charge is -2.31. The van der Waals surface area contributed by atoms with Crippen LogP contribution < -0.4 is 5.32 Å². The van der Waals surface area contributed by atoms with E-state index in [1.165, 1.54) is 6.07 Å². The fourth-order valence-corrected chi connectivity index (χ4v) is 3.73. The Hall–Kier alpha value is -2.69. The van der Waals surface area contributed by atoms with Gasteiger partial charge >= 0.3 is 0 Å². The third-order valence-electron chi connectivity index (χ3n) is 5.51. The van der Waals surface area contributed by atoms with Crippen molar-refractivity contribution in [2.45, 2.75) is 39.5 Å². The van der Waals surface area contributed by atoms with Gasteiger partial charge in [0.25, 0.3) is 0 Å². The summed E-state index contributed by atoms with van der Waals surface area (Å²) in [6.07, 6.45) is 2.18. The molecule has 148 valence electrons. The molecule has 0 spiro atoms. The largest absolute Gasteiger partial charge is 0.342 e.